The number of nitrogens with zero attached hydrogens (tertiary/aromatic N) is 2. The van der Waals surface area contributed by atoms with Gasteiger partial charge < -0.3 is 15.2 Å². The van der Waals surface area contributed by atoms with Crippen molar-refractivity contribution < 1.29 is 18.4 Å². The van der Waals surface area contributed by atoms with Gasteiger partial charge in [-0.15, -0.1) is 0 Å². The van der Waals surface area contributed by atoms with Crippen LogP contribution in [-0.4, -0.2) is 27.1 Å². The van der Waals surface area contributed by atoms with Crippen LogP contribution >= 0.6 is 11.8 Å². The number of fused-ring (bicyclic) bond motifs is 1. The van der Waals surface area contributed by atoms with Crippen LogP contribution in [0.15, 0.2) is 53.7 Å². The van der Waals surface area contributed by atoms with Crippen molar-refractivity contribution in [1.29, 1.82) is 0 Å². The first-order valence-corrected chi connectivity index (χ1v) is 10.9. The molecule has 2 N–H and O–H groups in total. The lowest BCUT2D eigenvalue weighted by atomic mass is 10.1. The molecule has 1 aromatic heterocycles. The summed E-state index contributed by atoms with van der Waals surface area (Å²) in [4.78, 5) is 28.7. The van der Waals surface area contributed by atoms with Crippen LogP contribution in [0.25, 0.3) is 11.0 Å². The zero-order valence-electron chi connectivity index (χ0n) is 16.8. The SMILES string of the molecule is CC(NC(=O)Cn1c(SC(F)F)nc2ccccc21)c1ccc(NC(=O)C2CC2)cc1. The fourth-order valence-corrected chi connectivity index (χ4v) is 3.94. The fraction of sp³-hybridized carbons (Fsp3) is 0.318. The van der Waals surface area contributed by atoms with E-state index >= 15 is 0 Å². The topological polar surface area (TPSA) is 76.0 Å². The molecule has 0 spiro atoms. The molecule has 2 amide bonds. The number of rotatable bonds is 8. The van der Waals surface area contributed by atoms with E-state index in [4.69, 9.17) is 0 Å². The Bertz CT molecular complexity index is 1100. The molecule has 1 unspecified atom stereocenters. The molecule has 1 atom stereocenters. The number of hydrogen-bond acceptors (Lipinski definition) is 4. The fourth-order valence-electron chi connectivity index (χ4n) is 3.33. The summed E-state index contributed by atoms with van der Waals surface area (Å²) >= 11 is 0.325. The number of nitrogens with one attached hydrogen (secondary N) is 2. The summed E-state index contributed by atoms with van der Waals surface area (Å²) in [6.07, 6.45) is 1.88. The molecule has 1 fully saturated rings. The molecule has 1 saturated carbocycles. The first-order chi connectivity index (χ1) is 14.9. The molecule has 162 valence electrons. The number of carbonyl (C=O) groups is 2. The first kappa shape index (κ1) is 21.3. The van der Waals surface area contributed by atoms with Gasteiger partial charge in [-0.25, -0.2) is 4.98 Å². The third-order valence-electron chi connectivity index (χ3n) is 5.12. The average Bonchev–Trinajstić information content (AvgIpc) is 3.53. The van der Waals surface area contributed by atoms with Gasteiger partial charge in [-0.2, -0.15) is 8.78 Å². The number of carbonyl (C=O) groups excluding carboxylic acids is 2. The lowest BCUT2D eigenvalue weighted by Crippen LogP contribution is -2.30. The third kappa shape index (κ3) is 5.22. The lowest BCUT2D eigenvalue weighted by Gasteiger charge is -2.16. The molecular formula is C22H22F2N4O2S. The van der Waals surface area contributed by atoms with Crippen LogP contribution in [0.3, 0.4) is 0 Å². The Kier molecular flexibility index (Phi) is 6.22. The van der Waals surface area contributed by atoms with Crippen molar-refractivity contribution in [2.75, 3.05) is 5.32 Å². The summed E-state index contributed by atoms with van der Waals surface area (Å²) in [5.74, 6) is -2.77. The van der Waals surface area contributed by atoms with E-state index in [9.17, 15) is 18.4 Å². The molecule has 1 aliphatic rings. The zero-order valence-corrected chi connectivity index (χ0v) is 17.7. The van der Waals surface area contributed by atoms with Gasteiger partial charge in [0.1, 0.15) is 6.54 Å². The van der Waals surface area contributed by atoms with E-state index in [2.05, 4.69) is 15.6 Å². The maximum atomic E-state index is 12.9. The van der Waals surface area contributed by atoms with Gasteiger partial charge in [-0.05, 0) is 61.4 Å². The number of alkyl halides is 2. The second-order valence-corrected chi connectivity index (χ2v) is 8.48. The Labute approximate surface area is 182 Å². The van der Waals surface area contributed by atoms with Crippen LogP contribution in [0.1, 0.15) is 31.4 Å². The summed E-state index contributed by atoms with van der Waals surface area (Å²) < 4.78 is 27.4. The summed E-state index contributed by atoms with van der Waals surface area (Å²) in [5.41, 5.74) is 2.78. The molecule has 2 aromatic carbocycles. The molecule has 31 heavy (non-hydrogen) atoms. The van der Waals surface area contributed by atoms with Crippen molar-refractivity contribution in [3.05, 3.63) is 54.1 Å². The molecule has 6 nitrogen and oxygen atoms in total. The van der Waals surface area contributed by atoms with E-state index in [1.54, 1.807) is 36.4 Å². The van der Waals surface area contributed by atoms with Gasteiger partial charge in [0, 0.05) is 11.6 Å². The maximum Gasteiger partial charge on any atom is 0.291 e. The van der Waals surface area contributed by atoms with Gasteiger partial charge in [-0.1, -0.05) is 24.3 Å². The largest absolute Gasteiger partial charge is 0.348 e. The summed E-state index contributed by atoms with van der Waals surface area (Å²) in [5, 5.41) is 5.88. The van der Waals surface area contributed by atoms with Gasteiger partial charge in [0.15, 0.2) is 5.16 Å². The first-order valence-electron chi connectivity index (χ1n) is 10.0. The molecule has 0 radical (unpaired) electrons. The Hall–Kier alpha value is -2.94. The van der Waals surface area contributed by atoms with E-state index in [0.29, 0.717) is 22.8 Å². The smallest absolute Gasteiger partial charge is 0.291 e. The molecule has 4 rings (SSSR count). The van der Waals surface area contributed by atoms with Gasteiger partial charge in [0.05, 0.1) is 17.1 Å². The van der Waals surface area contributed by atoms with Gasteiger partial charge in [0.25, 0.3) is 5.76 Å². The maximum absolute atomic E-state index is 12.9. The molecule has 0 aliphatic heterocycles. The Morgan fingerprint density at radius 3 is 2.55 bits per heavy atom. The third-order valence-corrected chi connectivity index (χ3v) is 5.82. The van der Waals surface area contributed by atoms with Crippen LogP contribution < -0.4 is 10.6 Å². The Morgan fingerprint density at radius 1 is 1.16 bits per heavy atom. The molecule has 3 aromatic rings. The molecule has 1 aliphatic carbocycles. The highest BCUT2D eigenvalue weighted by atomic mass is 32.2. The van der Waals surface area contributed by atoms with Crippen molar-refractivity contribution in [3.8, 4) is 0 Å². The number of hydrogen-bond donors (Lipinski definition) is 2. The average molecular weight is 445 g/mol. The van der Waals surface area contributed by atoms with Crippen molar-refractivity contribution in [1.82, 2.24) is 14.9 Å². The highest BCUT2D eigenvalue weighted by molar-refractivity contribution is 7.99. The van der Waals surface area contributed by atoms with Crippen LogP contribution in [0.2, 0.25) is 0 Å². The van der Waals surface area contributed by atoms with Gasteiger partial charge in [0.2, 0.25) is 11.8 Å². The monoisotopic (exact) mass is 444 g/mol. The molecule has 0 bridgehead atoms. The summed E-state index contributed by atoms with van der Waals surface area (Å²) in [6.45, 7) is 1.73. The van der Waals surface area contributed by atoms with E-state index in [1.165, 1.54) is 4.57 Å². The Balaban J connectivity index is 1.42. The number of aromatic nitrogens is 2. The highest BCUT2D eigenvalue weighted by Crippen LogP contribution is 2.30. The lowest BCUT2D eigenvalue weighted by molar-refractivity contribution is -0.122. The molecular weight excluding hydrogens is 422 g/mol. The van der Waals surface area contributed by atoms with Crippen molar-refractivity contribution >= 4 is 40.3 Å². The van der Waals surface area contributed by atoms with Gasteiger partial charge in [-0.3, -0.25) is 9.59 Å². The van der Waals surface area contributed by atoms with E-state index in [-0.39, 0.29) is 35.5 Å². The number of halogens is 2. The number of anilines is 1. The van der Waals surface area contributed by atoms with E-state index in [1.807, 2.05) is 19.1 Å². The summed E-state index contributed by atoms with van der Waals surface area (Å²) in [6, 6.07) is 14.0. The minimum atomic E-state index is -2.63. The van der Waals surface area contributed by atoms with Crippen molar-refractivity contribution in [2.24, 2.45) is 5.92 Å². The molecule has 9 heteroatoms. The van der Waals surface area contributed by atoms with E-state index in [0.717, 1.165) is 24.1 Å². The quantitative estimate of drug-likeness (QED) is 0.499. The van der Waals surface area contributed by atoms with Crippen LogP contribution in [-0.2, 0) is 16.1 Å². The zero-order chi connectivity index (χ0) is 22.0. The standard InChI is InChI=1S/C22H22F2N4O2S/c1-13(14-8-10-16(11-9-14)26-20(30)15-6-7-15)25-19(29)12-28-18-5-3-2-4-17(18)27-22(28)31-21(23)24/h2-5,8-11,13,15,21H,6-7,12H2,1H3,(H,25,29)(H,26,30). The van der Waals surface area contributed by atoms with Gasteiger partial charge >= 0.3 is 0 Å². The minimum absolute atomic E-state index is 0.0409. The predicted molar refractivity (Wildman–Crippen MR) is 116 cm³/mol. The number of thioether (sulfide) groups is 1. The van der Waals surface area contributed by atoms with Crippen molar-refractivity contribution in [2.45, 2.75) is 43.3 Å². The predicted octanol–water partition coefficient (Wildman–Crippen LogP) is 4.58. The minimum Gasteiger partial charge on any atom is -0.348 e. The number of imidazole rings is 1. The van der Waals surface area contributed by atoms with Crippen LogP contribution in [0.4, 0.5) is 14.5 Å². The van der Waals surface area contributed by atoms with Crippen LogP contribution in [0, 0.1) is 5.92 Å². The highest BCUT2D eigenvalue weighted by Gasteiger charge is 2.29. The molecule has 0 saturated heterocycles. The summed E-state index contributed by atoms with van der Waals surface area (Å²) in [7, 11) is 0. The number of amides is 2. The van der Waals surface area contributed by atoms with Crippen molar-refractivity contribution in [3.63, 3.8) is 0 Å². The number of para-hydroxylation sites is 2. The molecule has 1 heterocycles. The second kappa shape index (κ2) is 9.05. The second-order valence-electron chi connectivity index (χ2n) is 7.52. The number of benzene rings is 2. The van der Waals surface area contributed by atoms with Crippen LogP contribution in [0.5, 0.6) is 0 Å². The normalized spacial score (nSPS) is 14.6. The van der Waals surface area contributed by atoms with E-state index < -0.39 is 5.76 Å². The Morgan fingerprint density at radius 2 is 1.87 bits per heavy atom.